The van der Waals surface area contributed by atoms with Crippen molar-refractivity contribution in [2.75, 3.05) is 40.4 Å². The first-order valence-electron chi connectivity index (χ1n) is 25.5. The van der Waals surface area contributed by atoms with Crippen molar-refractivity contribution in [3.05, 3.63) is 119 Å². The highest BCUT2D eigenvalue weighted by Gasteiger charge is 2.43. The normalized spacial score (nSPS) is 18.8. The zero-order valence-electron chi connectivity index (χ0n) is 42.8. The second kappa shape index (κ2) is 24.1. The molecule has 2 aliphatic heterocycles. The zero-order chi connectivity index (χ0) is 52.5. The van der Waals surface area contributed by atoms with Gasteiger partial charge in [0.05, 0.1) is 36.4 Å². The van der Waals surface area contributed by atoms with Gasteiger partial charge in [-0.25, -0.2) is 0 Å². The molecule has 16 nitrogen and oxygen atoms in total. The van der Waals surface area contributed by atoms with Crippen LogP contribution in [0.4, 0.5) is 0 Å². The van der Waals surface area contributed by atoms with Gasteiger partial charge in [-0.3, -0.25) is 28.8 Å². The van der Waals surface area contributed by atoms with Crippen LogP contribution in [0, 0.1) is 23.7 Å². The molecule has 8 rings (SSSR count). The first-order valence-corrected chi connectivity index (χ1v) is 25.5. The Kier molecular flexibility index (Phi) is 17.3. The highest BCUT2D eigenvalue weighted by Crippen LogP contribution is 2.44. The Balaban J connectivity index is 0.874. The minimum atomic E-state index is -1.12. The molecule has 4 aromatic rings. The molecule has 0 saturated carbocycles. The Morgan fingerprint density at radius 2 is 0.851 bits per heavy atom. The maximum absolute atomic E-state index is 14.4. The van der Waals surface area contributed by atoms with Crippen LogP contribution in [-0.4, -0.2) is 134 Å². The lowest BCUT2D eigenvalue weighted by Gasteiger charge is -2.32. The number of hydrogen-bond acceptors (Lipinski definition) is 10. The van der Waals surface area contributed by atoms with Crippen LogP contribution in [0.2, 0.25) is 0 Å². The maximum atomic E-state index is 14.4. The molecule has 6 amide bonds. The minimum absolute atomic E-state index is 0.130. The molecule has 0 radical (unpaired) electrons. The summed E-state index contributed by atoms with van der Waals surface area (Å²) in [7, 11) is 3.29. The molecular weight excluding hydrogens is 937 g/mol. The van der Waals surface area contributed by atoms with Crippen LogP contribution >= 0.6 is 0 Å². The minimum Gasteiger partial charge on any atom is -0.363 e. The molecule has 2 fully saturated rings. The summed E-state index contributed by atoms with van der Waals surface area (Å²) in [6.45, 7) is 7.12. The number of ether oxygens (including phenoxy) is 2. The smallest absolute Gasteiger partial charge is 0.248 e. The van der Waals surface area contributed by atoms with Gasteiger partial charge < -0.3 is 51.2 Å². The maximum Gasteiger partial charge on any atom is 0.248 e. The van der Waals surface area contributed by atoms with Gasteiger partial charge >= 0.3 is 0 Å². The number of likely N-dealkylation sites (N-methyl/N-ethyl adjacent to an activating group) is 2. The Hall–Kier alpha value is -7.34. The predicted octanol–water partition coefficient (Wildman–Crippen LogP) is 3.74. The lowest BCUT2D eigenvalue weighted by molar-refractivity contribution is -0.145. The average molecular weight is 1000 g/mol. The summed E-state index contributed by atoms with van der Waals surface area (Å²) in [5, 5.41) is 18.0. The van der Waals surface area contributed by atoms with E-state index in [0.717, 1.165) is 44.5 Å². The van der Waals surface area contributed by atoms with Gasteiger partial charge in [0.25, 0.3) is 0 Å². The largest absolute Gasteiger partial charge is 0.363 e. The van der Waals surface area contributed by atoms with Crippen LogP contribution in [0.25, 0.3) is 22.3 Å². The molecule has 4 aromatic carbocycles. The van der Waals surface area contributed by atoms with Gasteiger partial charge in [0, 0.05) is 13.1 Å². The lowest BCUT2D eigenvalue weighted by atomic mass is 10.0. The third-order valence-electron chi connectivity index (χ3n) is 14.7. The topological polar surface area (TPSA) is 200 Å². The van der Waals surface area contributed by atoms with Crippen LogP contribution in [0.5, 0.6) is 0 Å². The van der Waals surface area contributed by atoms with E-state index in [1.807, 2.05) is 97.1 Å². The summed E-state index contributed by atoms with van der Waals surface area (Å²) in [6.07, 6.45) is 0.480. The molecule has 74 heavy (non-hydrogen) atoms. The summed E-state index contributed by atoms with van der Waals surface area (Å²) >= 11 is 0. The number of nitrogens with one attached hydrogen (secondary N) is 6. The fourth-order valence-corrected chi connectivity index (χ4v) is 10.3. The Bertz CT molecular complexity index is 2600. The summed E-state index contributed by atoms with van der Waals surface area (Å²) in [4.78, 5) is 86.5. The molecule has 2 heterocycles. The van der Waals surface area contributed by atoms with Gasteiger partial charge in [-0.2, -0.15) is 0 Å². The van der Waals surface area contributed by atoms with E-state index in [-0.39, 0.29) is 37.1 Å². The first-order chi connectivity index (χ1) is 35.8. The predicted molar refractivity (Wildman–Crippen MR) is 280 cm³/mol. The standard InChI is InChI=1S/C58H66N8O8/c1-35(59-5)53(67)61-49(57(71)65-31-19-29-47(65)55(69)63-51-43-25-13-9-21-39(43)40-22-10-14-26-44(40)51)37(3)73-33-17-7-8-18-34-74-38(4)50(62-54(68)36(2)60-6)58(72)66-32-20-30-48(66)56(70)64-52-45-27-15-11-23-41(45)42-24-12-16-28-46(42)52/h9-16,21-28,35-38,47-52,59-60H,19-20,29-34H2,1-6H3,(H,61,67)(H,62,68)(H,63,69)(H,64,70)/t35-,36-,37+,38+,47-,48-,49-,50-/m0/s1. The molecule has 6 N–H and O–H groups in total. The van der Waals surface area contributed by atoms with Crippen LogP contribution in [0.1, 0.15) is 87.7 Å². The van der Waals surface area contributed by atoms with E-state index in [2.05, 4.69) is 55.6 Å². The number of carbonyl (C=O) groups excluding carboxylic acids is 6. The van der Waals surface area contributed by atoms with Crippen LogP contribution in [0.15, 0.2) is 97.1 Å². The van der Waals surface area contributed by atoms with Crippen molar-refractivity contribution < 1.29 is 38.2 Å². The van der Waals surface area contributed by atoms with E-state index in [1.54, 1.807) is 41.8 Å². The Morgan fingerprint density at radius 3 is 1.18 bits per heavy atom. The van der Waals surface area contributed by atoms with Crippen molar-refractivity contribution in [3.63, 3.8) is 0 Å². The molecule has 8 atom stereocenters. The van der Waals surface area contributed by atoms with E-state index in [4.69, 9.17) is 9.47 Å². The molecule has 16 heteroatoms. The van der Waals surface area contributed by atoms with Crippen molar-refractivity contribution in [3.8, 4) is 45.9 Å². The van der Waals surface area contributed by atoms with Gasteiger partial charge in [-0.1, -0.05) is 109 Å². The van der Waals surface area contributed by atoms with E-state index in [9.17, 15) is 28.8 Å². The second-order valence-corrected chi connectivity index (χ2v) is 19.2. The van der Waals surface area contributed by atoms with Gasteiger partial charge in [0.15, 0.2) is 0 Å². The van der Waals surface area contributed by atoms with Crippen LogP contribution in [-0.2, 0) is 38.2 Å². The summed E-state index contributed by atoms with van der Waals surface area (Å²) < 4.78 is 12.0. The first kappa shape index (κ1) is 53.0. The van der Waals surface area contributed by atoms with Crippen molar-refractivity contribution in [2.24, 2.45) is 0 Å². The number of rotatable bonds is 18. The van der Waals surface area contributed by atoms with E-state index < -0.39 is 72.1 Å². The van der Waals surface area contributed by atoms with Crippen molar-refractivity contribution >= 4 is 35.4 Å². The third-order valence-corrected chi connectivity index (χ3v) is 14.7. The third kappa shape index (κ3) is 11.4. The van der Waals surface area contributed by atoms with Crippen molar-refractivity contribution in [1.82, 2.24) is 41.7 Å². The molecule has 2 saturated heterocycles. The summed E-state index contributed by atoms with van der Waals surface area (Å²) in [5.74, 6) is 8.90. The highest BCUT2D eigenvalue weighted by atomic mass is 16.5. The number of fused-ring (bicyclic) bond motifs is 6. The molecule has 0 spiro atoms. The van der Waals surface area contributed by atoms with E-state index >= 15 is 0 Å². The quantitative estimate of drug-likeness (QED) is 0.0799. The van der Waals surface area contributed by atoms with Crippen LogP contribution < -0.4 is 31.9 Å². The molecule has 386 valence electrons. The molecule has 2 aliphatic carbocycles. The van der Waals surface area contributed by atoms with E-state index in [1.165, 1.54) is 9.80 Å². The van der Waals surface area contributed by atoms with Crippen molar-refractivity contribution in [2.45, 2.75) is 114 Å². The average Bonchev–Trinajstić information content (AvgIpc) is 4.25. The Labute approximate surface area is 433 Å². The van der Waals surface area contributed by atoms with E-state index in [0.29, 0.717) is 38.8 Å². The number of nitrogens with zero attached hydrogens (tertiary/aromatic N) is 2. The highest BCUT2D eigenvalue weighted by molar-refractivity contribution is 5.96. The van der Waals surface area contributed by atoms with Gasteiger partial charge in [-0.15, -0.1) is 0 Å². The van der Waals surface area contributed by atoms with Gasteiger partial charge in [0.2, 0.25) is 35.4 Å². The van der Waals surface area contributed by atoms with Crippen molar-refractivity contribution in [1.29, 1.82) is 0 Å². The lowest BCUT2D eigenvalue weighted by Crippen LogP contribution is -2.59. The molecule has 0 aromatic heterocycles. The van der Waals surface area contributed by atoms with Gasteiger partial charge in [-0.05, 0) is 124 Å². The monoisotopic (exact) mass is 1000 g/mol. The second-order valence-electron chi connectivity index (χ2n) is 19.2. The van der Waals surface area contributed by atoms with Crippen LogP contribution in [0.3, 0.4) is 0 Å². The number of hydrogen-bond donors (Lipinski definition) is 6. The fraction of sp³-hybridized carbons (Fsp3) is 0.414. The summed E-state index contributed by atoms with van der Waals surface area (Å²) in [6, 6.07) is 26.2. The summed E-state index contributed by atoms with van der Waals surface area (Å²) in [5.41, 5.74) is 8.22. The molecule has 0 bridgehead atoms. The van der Waals surface area contributed by atoms with Gasteiger partial charge in [0.1, 0.15) is 37.4 Å². The SMILES string of the molecule is CN[C@@H](C)C(=O)N[C@H](C(=O)N1CCC[C@H]1C(=O)NC1c2ccccc2-c2ccccc21)[C@@H](C)OCC#CC#CCO[C@H](C)[C@H](NC(=O)[C@H](C)NC)C(=O)N1CCC[C@H]1C(=O)NC1c2ccccc2-c2ccccc21. The number of benzene rings is 4. The number of likely N-dealkylation sites (tertiary alicyclic amines) is 2. The number of amides is 6. The molecular formula is C58H66N8O8. The fourth-order valence-electron chi connectivity index (χ4n) is 10.3. The molecule has 0 unspecified atom stereocenters. The zero-order valence-corrected chi connectivity index (χ0v) is 42.8. The Morgan fingerprint density at radius 1 is 0.527 bits per heavy atom. The molecule has 4 aliphatic rings. The number of carbonyl (C=O) groups is 6.